The number of unbranched alkanes of at least 4 members (excludes halogenated alkanes) is 3. The summed E-state index contributed by atoms with van der Waals surface area (Å²) in [5.74, 6) is 0. The van der Waals surface area contributed by atoms with Crippen LogP contribution < -0.4 is 0 Å². The van der Waals surface area contributed by atoms with Gasteiger partial charge in [-0.15, -0.1) is 0 Å². The first-order valence-electron chi connectivity index (χ1n) is 5.71. The van der Waals surface area contributed by atoms with Gasteiger partial charge in [0.05, 0.1) is 13.2 Å². The summed E-state index contributed by atoms with van der Waals surface area (Å²) in [5.41, 5.74) is 2.50. The van der Waals surface area contributed by atoms with Gasteiger partial charge in [-0.05, 0) is 29.4 Å². The summed E-state index contributed by atoms with van der Waals surface area (Å²) in [7, 11) is 0. The fraction of sp³-hybridized carbons (Fsp3) is 0.692. The Morgan fingerprint density at radius 2 is 2.00 bits per heavy atom. The maximum atomic E-state index is 5.53. The van der Waals surface area contributed by atoms with Crippen molar-refractivity contribution in [1.82, 2.24) is 0 Å². The molecule has 0 aliphatic heterocycles. The first-order chi connectivity index (χ1) is 7.20. The summed E-state index contributed by atoms with van der Waals surface area (Å²) >= 11 is 2.24. The van der Waals surface area contributed by atoms with Gasteiger partial charge in [0, 0.05) is 0 Å². The van der Waals surface area contributed by atoms with Crippen LogP contribution in [0.4, 0.5) is 0 Å². The highest BCUT2D eigenvalue weighted by molar-refractivity contribution is 14.1. The largest absolute Gasteiger partial charge is 0.373 e. The Balaban J connectivity index is 3.34. The van der Waals surface area contributed by atoms with Crippen molar-refractivity contribution in [3.8, 4) is 0 Å². The average Bonchev–Trinajstić information content (AvgIpc) is 2.24. The standard InChI is InChI=1S/C13H23IO/c1-4-5-6-7-8-12(2)10-15-11-13(3)9-14/h9H,2,4-8,10-11H2,1,3H3/b13-9-. The van der Waals surface area contributed by atoms with E-state index < -0.39 is 0 Å². The van der Waals surface area contributed by atoms with Crippen molar-refractivity contribution < 1.29 is 4.74 Å². The van der Waals surface area contributed by atoms with Crippen LogP contribution in [0.5, 0.6) is 0 Å². The second-order valence-electron chi connectivity index (χ2n) is 4.01. The highest BCUT2D eigenvalue weighted by atomic mass is 127. The van der Waals surface area contributed by atoms with Crippen LogP contribution in [-0.4, -0.2) is 13.2 Å². The molecule has 88 valence electrons. The van der Waals surface area contributed by atoms with E-state index in [2.05, 4.69) is 47.1 Å². The maximum absolute atomic E-state index is 5.53. The lowest BCUT2D eigenvalue weighted by molar-refractivity contribution is 0.178. The molecule has 0 saturated heterocycles. The van der Waals surface area contributed by atoms with Crippen LogP contribution in [0.2, 0.25) is 0 Å². The molecule has 0 spiro atoms. The van der Waals surface area contributed by atoms with Gasteiger partial charge in [-0.2, -0.15) is 0 Å². The minimum absolute atomic E-state index is 0.716. The quantitative estimate of drug-likeness (QED) is 0.334. The van der Waals surface area contributed by atoms with Crippen LogP contribution in [0.3, 0.4) is 0 Å². The second kappa shape index (κ2) is 10.7. The number of hydrogen-bond acceptors (Lipinski definition) is 1. The van der Waals surface area contributed by atoms with Crippen molar-refractivity contribution in [2.75, 3.05) is 13.2 Å². The molecular weight excluding hydrogens is 299 g/mol. The monoisotopic (exact) mass is 322 g/mol. The predicted octanol–water partition coefficient (Wildman–Crippen LogP) is 4.87. The highest BCUT2D eigenvalue weighted by Gasteiger charge is 1.96. The van der Waals surface area contributed by atoms with Crippen LogP contribution >= 0.6 is 22.6 Å². The summed E-state index contributed by atoms with van der Waals surface area (Å²) in [6.45, 7) is 9.79. The zero-order chi connectivity index (χ0) is 11.5. The van der Waals surface area contributed by atoms with Gasteiger partial charge in [-0.3, -0.25) is 0 Å². The summed E-state index contributed by atoms with van der Waals surface area (Å²) in [6, 6.07) is 0. The van der Waals surface area contributed by atoms with Crippen LogP contribution in [0.1, 0.15) is 46.0 Å². The predicted molar refractivity (Wildman–Crippen MR) is 76.5 cm³/mol. The van der Waals surface area contributed by atoms with Gasteiger partial charge in [0.15, 0.2) is 0 Å². The molecule has 0 radical (unpaired) electrons. The van der Waals surface area contributed by atoms with E-state index >= 15 is 0 Å². The van der Waals surface area contributed by atoms with Crippen molar-refractivity contribution in [3.05, 3.63) is 21.8 Å². The molecule has 1 nitrogen and oxygen atoms in total. The summed E-state index contributed by atoms with van der Waals surface area (Å²) < 4.78 is 7.59. The molecule has 0 heterocycles. The zero-order valence-corrected chi connectivity index (χ0v) is 12.2. The molecule has 0 aliphatic rings. The molecule has 0 amide bonds. The Kier molecular flexibility index (Phi) is 10.8. The van der Waals surface area contributed by atoms with Gasteiger partial charge >= 0.3 is 0 Å². The Hall–Kier alpha value is 0.170. The molecule has 0 aliphatic carbocycles. The third-order valence-corrected chi connectivity index (χ3v) is 3.27. The maximum Gasteiger partial charge on any atom is 0.0685 e. The third kappa shape index (κ3) is 10.5. The van der Waals surface area contributed by atoms with Crippen molar-refractivity contribution in [1.29, 1.82) is 0 Å². The first kappa shape index (κ1) is 15.2. The number of ether oxygens (including phenoxy) is 1. The molecular formula is C13H23IO. The Morgan fingerprint density at radius 1 is 1.27 bits per heavy atom. The lowest BCUT2D eigenvalue weighted by atomic mass is 10.1. The van der Waals surface area contributed by atoms with Crippen molar-refractivity contribution >= 4 is 22.6 Å². The van der Waals surface area contributed by atoms with E-state index in [4.69, 9.17) is 4.74 Å². The van der Waals surface area contributed by atoms with Gasteiger partial charge in [-0.1, -0.05) is 60.9 Å². The van der Waals surface area contributed by atoms with Crippen LogP contribution in [-0.2, 0) is 4.74 Å². The molecule has 0 aromatic carbocycles. The smallest absolute Gasteiger partial charge is 0.0685 e. The topological polar surface area (TPSA) is 9.23 Å². The highest BCUT2D eigenvalue weighted by Crippen LogP contribution is 2.09. The van der Waals surface area contributed by atoms with Crippen LogP contribution in [0, 0.1) is 0 Å². The van der Waals surface area contributed by atoms with E-state index in [1.807, 2.05) is 0 Å². The lowest BCUT2D eigenvalue weighted by Crippen LogP contribution is -2.00. The molecule has 0 aromatic heterocycles. The summed E-state index contributed by atoms with van der Waals surface area (Å²) in [4.78, 5) is 0. The molecule has 0 aromatic rings. The fourth-order valence-corrected chi connectivity index (χ4v) is 1.44. The fourth-order valence-electron chi connectivity index (χ4n) is 1.26. The second-order valence-corrected chi connectivity index (χ2v) is 4.63. The molecule has 0 unspecified atom stereocenters. The third-order valence-electron chi connectivity index (χ3n) is 2.21. The molecule has 15 heavy (non-hydrogen) atoms. The SMILES string of the molecule is C=C(CCCCCC)COC/C(C)=C\I. The molecule has 2 heteroatoms. The number of halogens is 1. The van der Waals surface area contributed by atoms with E-state index in [1.165, 1.54) is 36.8 Å². The normalized spacial score (nSPS) is 11.8. The zero-order valence-electron chi connectivity index (χ0n) is 10.0. The molecule has 0 N–H and O–H groups in total. The number of rotatable bonds is 9. The van der Waals surface area contributed by atoms with Gasteiger partial charge < -0.3 is 4.74 Å². The Labute approximate surface area is 108 Å². The minimum atomic E-state index is 0.716. The molecule has 0 rings (SSSR count). The van der Waals surface area contributed by atoms with Gasteiger partial charge in [0.1, 0.15) is 0 Å². The van der Waals surface area contributed by atoms with Crippen molar-refractivity contribution in [2.24, 2.45) is 0 Å². The summed E-state index contributed by atoms with van der Waals surface area (Å²) in [5, 5.41) is 0. The van der Waals surface area contributed by atoms with E-state index in [1.54, 1.807) is 0 Å². The average molecular weight is 322 g/mol. The minimum Gasteiger partial charge on any atom is -0.373 e. The Morgan fingerprint density at radius 3 is 2.60 bits per heavy atom. The molecule has 0 atom stereocenters. The van der Waals surface area contributed by atoms with Gasteiger partial charge in [-0.25, -0.2) is 0 Å². The van der Waals surface area contributed by atoms with E-state index in [-0.39, 0.29) is 0 Å². The Bertz CT molecular complexity index is 197. The van der Waals surface area contributed by atoms with Crippen molar-refractivity contribution in [3.63, 3.8) is 0 Å². The molecule has 0 saturated carbocycles. The van der Waals surface area contributed by atoms with E-state index in [9.17, 15) is 0 Å². The van der Waals surface area contributed by atoms with E-state index in [0.29, 0.717) is 6.61 Å². The summed E-state index contributed by atoms with van der Waals surface area (Å²) in [6.07, 6.45) is 6.33. The lowest BCUT2D eigenvalue weighted by Gasteiger charge is -2.07. The van der Waals surface area contributed by atoms with Crippen LogP contribution in [0.15, 0.2) is 21.8 Å². The van der Waals surface area contributed by atoms with E-state index in [0.717, 1.165) is 13.0 Å². The van der Waals surface area contributed by atoms with Crippen molar-refractivity contribution in [2.45, 2.75) is 46.0 Å². The number of hydrogen-bond donors (Lipinski definition) is 0. The van der Waals surface area contributed by atoms with Crippen LogP contribution in [0.25, 0.3) is 0 Å². The molecule has 0 bridgehead atoms. The van der Waals surface area contributed by atoms with Gasteiger partial charge in [0.25, 0.3) is 0 Å². The first-order valence-corrected chi connectivity index (χ1v) is 6.95. The molecule has 0 fully saturated rings. The van der Waals surface area contributed by atoms with Gasteiger partial charge in [0.2, 0.25) is 0 Å².